The van der Waals surface area contributed by atoms with E-state index in [4.69, 9.17) is 0 Å². The Kier molecular flexibility index (Phi) is 4.12. The maximum atomic E-state index is 11.4. The van der Waals surface area contributed by atoms with Crippen LogP contribution in [0.15, 0.2) is 22.8 Å². The maximum Gasteiger partial charge on any atom is 0.311 e. The van der Waals surface area contributed by atoms with Crippen molar-refractivity contribution in [1.29, 1.82) is 0 Å². The molecule has 0 bridgehead atoms. The fraction of sp³-hybridized carbons (Fsp3) is 0.417. The molecule has 106 valence electrons. The number of aromatic nitrogens is 5. The summed E-state index contributed by atoms with van der Waals surface area (Å²) in [6.45, 7) is 3.70. The maximum absolute atomic E-state index is 11.4. The summed E-state index contributed by atoms with van der Waals surface area (Å²) in [6.07, 6.45) is 2.12. The SMILES string of the molecule is CCC(C)(Cn1nnnc1-c1ccc(Br)cn1)C(=O)O. The standard InChI is InChI=1S/C12H14BrN5O2/c1-3-12(2,11(19)20)7-18-10(15-16-17-18)9-5-4-8(13)6-14-9/h4-6H,3,7H2,1-2H3,(H,19,20). The van der Waals surface area contributed by atoms with E-state index in [9.17, 15) is 9.90 Å². The van der Waals surface area contributed by atoms with Gasteiger partial charge in [-0.1, -0.05) is 6.92 Å². The average molecular weight is 340 g/mol. The molecule has 7 nitrogen and oxygen atoms in total. The van der Waals surface area contributed by atoms with Crippen LogP contribution in [0, 0.1) is 5.41 Å². The summed E-state index contributed by atoms with van der Waals surface area (Å²) in [6, 6.07) is 3.61. The van der Waals surface area contributed by atoms with Gasteiger partial charge < -0.3 is 5.11 Å². The molecule has 0 spiro atoms. The average Bonchev–Trinajstić information content (AvgIpc) is 2.87. The summed E-state index contributed by atoms with van der Waals surface area (Å²) < 4.78 is 2.33. The minimum absolute atomic E-state index is 0.193. The Morgan fingerprint density at radius 3 is 2.80 bits per heavy atom. The van der Waals surface area contributed by atoms with Crippen molar-refractivity contribution in [2.24, 2.45) is 5.41 Å². The number of halogens is 1. The second-order valence-corrected chi connectivity index (χ2v) is 5.66. The molecule has 0 amide bonds. The van der Waals surface area contributed by atoms with Crippen molar-refractivity contribution >= 4 is 21.9 Å². The van der Waals surface area contributed by atoms with Crippen LogP contribution in [0.4, 0.5) is 0 Å². The van der Waals surface area contributed by atoms with E-state index in [0.717, 1.165) is 4.47 Å². The van der Waals surface area contributed by atoms with E-state index in [-0.39, 0.29) is 6.54 Å². The first-order valence-electron chi connectivity index (χ1n) is 6.08. The van der Waals surface area contributed by atoms with Crippen LogP contribution in [0.5, 0.6) is 0 Å². The highest BCUT2D eigenvalue weighted by Gasteiger charge is 2.33. The molecule has 0 aliphatic rings. The zero-order chi connectivity index (χ0) is 14.8. The molecule has 1 unspecified atom stereocenters. The fourth-order valence-electron chi connectivity index (χ4n) is 1.66. The summed E-state index contributed by atoms with van der Waals surface area (Å²) in [7, 11) is 0. The van der Waals surface area contributed by atoms with Crippen LogP contribution in [-0.4, -0.2) is 36.3 Å². The summed E-state index contributed by atoms with van der Waals surface area (Å²) in [4.78, 5) is 15.6. The van der Waals surface area contributed by atoms with Gasteiger partial charge in [0.1, 0.15) is 5.69 Å². The minimum atomic E-state index is -0.917. The third-order valence-electron chi connectivity index (χ3n) is 3.28. The molecule has 0 aromatic carbocycles. The largest absolute Gasteiger partial charge is 0.481 e. The summed E-state index contributed by atoms with van der Waals surface area (Å²) in [5.74, 6) is -0.413. The van der Waals surface area contributed by atoms with Crippen molar-refractivity contribution in [1.82, 2.24) is 25.2 Å². The van der Waals surface area contributed by atoms with E-state index in [1.165, 1.54) is 4.68 Å². The van der Waals surface area contributed by atoms with Gasteiger partial charge in [-0.2, -0.15) is 0 Å². The number of carboxylic acid groups (broad SMARTS) is 1. The fourth-order valence-corrected chi connectivity index (χ4v) is 1.90. The Morgan fingerprint density at radius 1 is 1.50 bits per heavy atom. The van der Waals surface area contributed by atoms with Crippen molar-refractivity contribution in [2.45, 2.75) is 26.8 Å². The summed E-state index contributed by atoms with van der Waals surface area (Å²) in [5, 5.41) is 20.7. The van der Waals surface area contributed by atoms with Crippen molar-refractivity contribution < 1.29 is 9.90 Å². The lowest BCUT2D eigenvalue weighted by molar-refractivity contribution is -0.149. The highest BCUT2D eigenvalue weighted by molar-refractivity contribution is 9.10. The zero-order valence-corrected chi connectivity index (χ0v) is 12.7. The minimum Gasteiger partial charge on any atom is -0.481 e. The van der Waals surface area contributed by atoms with E-state index >= 15 is 0 Å². The Morgan fingerprint density at radius 2 is 2.25 bits per heavy atom. The van der Waals surface area contributed by atoms with Crippen LogP contribution in [0.25, 0.3) is 11.5 Å². The predicted molar refractivity (Wildman–Crippen MR) is 74.8 cm³/mol. The lowest BCUT2D eigenvalue weighted by atomic mass is 9.88. The number of aliphatic carboxylic acids is 1. The first-order chi connectivity index (χ1) is 9.46. The smallest absolute Gasteiger partial charge is 0.311 e. The van der Waals surface area contributed by atoms with Gasteiger partial charge in [0, 0.05) is 10.7 Å². The lowest BCUT2D eigenvalue weighted by Crippen LogP contribution is -2.32. The quantitative estimate of drug-likeness (QED) is 0.895. The second-order valence-electron chi connectivity index (χ2n) is 4.74. The number of nitrogens with zero attached hydrogens (tertiary/aromatic N) is 5. The molecule has 1 N–H and O–H groups in total. The molecule has 0 radical (unpaired) electrons. The first-order valence-corrected chi connectivity index (χ1v) is 6.87. The Bertz CT molecular complexity index is 613. The van der Waals surface area contributed by atoms with Gasteiger partial charge in [-0.15, -0.1) is 5.10 Å². The summed E-state index contributed by atoms with van der Waals surface area (Å²) >= 11 is 3.31. The van der Waals surface area contributed by atoms with Crippen LogP contribution < -0.4 is 0 Å². The van der Waals surface area contributed by atoms with Crippen molar-refractivity contribution in [3.8, 4) is 11.5 Å². The molecule has 0 aliphatic heterocycles. The van der Waals surface area contributed by atoms with Gasteiger partial charge in [-0.3, -0.25) is 9.78 Å². The van der Waals surface area contributed by atoms with Crippen molar-refractivity contribution in [3.05, 3.63) is 22.8 Å². The van der Waals surface area contributed by atoms with E-state index in [2.05, 4.69) is 36.4 Å². The number of hydrogen-bond donors (Lipinski definition) is 1. The number of hydrogen-bond acceptors (Lipinski definition) is 5. The number of pyridine rings is 1. The molecule has 20 heavy (non-hydrogen) atoms. The highest BCUT2D eigenvalue weighted by atomic mass is 79.9. The van der Waals surface area contributed by atoms with Crippen molar-refractivity contribution in [3.63, 3.8) is 0 Å². The Hall–Kier alpha value is -1.83. The predicted octanol–water partition coefficient (Wildman–Crippen LogP) is 2.00. The summed E-state index contributed by atoms with van der Waals surface area (Å²) in [5.41, 5.74) is -0.318. The molecular weight excluding hydrogens is 326 g/mol. The number of tetrazole rings is 1. The van der Waals surface area contributed by atoms with Gasteiger partial charge in [0.05, 0.1) is 12.0 Å². The molecule has 0 fully saturated rings. The lowest BCUT2D eigenvalue weighted by Gasteiger charge is -2.22. The first kappa shape index (κ1) is 14.6. The van der Waals surface area contributed by atoms with Gasteiger partial charge >= 0.3 is 5.97 Å². The molecule has 8 heteroatoms. The normalized spacial score (nSPS) is 13.9. The molecule has 2 aromatic heterocycles. The van der Waals surface area contributed by atoms with Crippen LogP contribution in [0.2, 0.25) is 0 Å². The van der Waals surface area contributed by atoms with E-state index in [0.29, 0.717) is 17.9 Å². The molecule has 2 rings (SSSR count). The van der Waals surface area contributed by atoms with E-state index in [1.807, 2.05) is 13.0 Å². The van der Waals surface area contributed by atoms with Crippen LogP contribution >= 0.6 is 15.9 Å². The molecule has 0 saturated heterocycles. The number of carbonyl (C=O) groups is 1. The second kappa shape index (κ2) is 5.66. The van der Waals surface area contributed by atoms with E-state index in [1.54, 1.807) is 19.2 Å². The Labute approximate surface area is 124 Å². The van der Waals surface area contributed by atoms with Gasteiger partial charge in [0.25, 0.3) is 0 Å². The molecule has 0 aliphatic carbocycles. The highest BCUT2D eigenvalue weighted by Crippen LogP contribution is 2.25. The van der Waals surface area contributed by atoms with E-state index < -0.39 is 11.4 Å². The van der Waals surface area contributed by atoms with Gasteiger partial charge in [-0.25, -0.2) is 4.68 Å². The van der Waals surface area contributed by atoms with Crippen LogP contribution in [-0.2, 0) is 11.3 Å². The van der Waals surface area contributed by atoms with Crippen LogP contribution in [0.3, 0.4) is 0 Å². The molecule has 2 aromatic rings. The Balaban J connectivity index is 2.34. The van der Waals surface area contributed by atoms with Gasteiger partial charge in [-0.05, 0) is 51.8 Å². The van der Waals surface area contributed by atoms with Crippen LogP contribution in [0.1, 0.15) is 20.3 Å². The van der Waals surface area contributed by atoms with Gasteiger partial charge in [0.15, 0.2) is 0 Å². The third-order valence-corrected chi connectivity index (χ3v) is 3.75. The monoisotopic (exact) mass is 339 g/mol. The zero-order valence-electron chi connectivity index (χ0n) is 11.1. The number of rotatable bonds is 5. The third kappa shape index (κ3) is 2.84. The topological polar surface area (TPSA) is 93.8 Å². The molecule has 2 heterocycles. The van der Waals surface area contributed by atoms with Gasteiger partial charge in [0.2, 0.25) is 5.82 Å². The molecular formula is C12H14BrN5O2. The number of carboxylic acids is 1. The molecule has 1 atom stereocenters. The molecule has 0 saturated carbocycles. The van der Waals surface area contributed by atoms with Crippen molar-refractivity contribution in [2.75, 3.05) is 0 Å².